The Labute approximate surface area is 203 Å². The Balaban J connectivity index is 1.19. The Kier molecular flexibility index (Phi) is 8.11. The number of ether oxygens (including phenoxy) is 1. The molecule has 0 aliphatic carbocycles. The first-order chi connectivity index (χ1) is 16.6. The fraction of sp³-hybridized carbons (Fsp3) is 0.320. The van der Waals surface area contributed by atoms with E-state index >= 15 is 0 Å². The maximum Gasteiger partial charge on any atom is 0.273 e. The van der Waals surface area contributed by atoms with Crippen molar-refractivity contribution in [3.8, 4) is 5.75 Å². The molecule has 0 bridgehead atoms. The number of hydrogen-bond donors (Lipinski definition) is 2. The molecule has 34 heavy (non-hydrogen) atoms. The van der Waals surface area contributed by atoms with Gasteiger partial charge in [-0.2, -0.15) is 0 Å². The average molecular weight is 480 g/mol. The lowest BCUT2D eigenvalue weighted by Crippen LogP contribution is -2.51. The molecule has 8 nitrogen and oxygen atoms in total. The van der Waals surface area contributed by atoms with Crippen LogP contribution in [-0.4, -0.2) is 73.0 Å². The first-order valence-corrected chi connectivity index (χ1v) is 12.2. The summed E-state index contributed by atoms with van der Waals surface area (Å²) in [6.07, 6.45) is 0.817. The lowest BCUT2D eigenvalue weighted by atomic mass is 10.1. The van der Waals surface area contributed by atoms with Gasteiger partial charge < -0.3 is 20.3 Å². The van der Waals surface area contributed by atoms with Gasteiger partial charge in [0, 0.05) is 43.8 Å². The number of anilines is 2. The molecule has 0 saturated carbocycles. The van der Waals surface area contributed by atoms with Crippen LogP contribution in [0.2, 0.25) is 0 Å². The average Bonchev–Trinajstić information content (AvgIpc) is 3.33. The topological polar surface area (TPSA) is 86.8 Å². The number of carbonyl (C=O) groups is 2. The van der Waals surface area contributed by atoms with Crippen molar-refractivity contribution in [3.63, 3.8) is 0 Å². The van der Waals surface area contributed by atoms with Gasteiger partial charge in [0.05, 0.1) is 13.7 Å². The number of rotatable bonds is 9. The molecule has 2 N–H and O–H groups in total. The van der Waals surface area contributed by atoms with Gasteiger partial charge in [0.2, 0.25) is 5.91 Å². The van der Waals surface area contributed by atoms with Crippen molar-refractivity contribution in [2.75, 3.05) is 51.7 Å². The third-order valence-corrected chi connectivity index (χ3v) is 6.43. The number of hydrogen-bond acceptors (Lipinski definition) is 7. The number of methoxy groups -OCH3 is 1. The minimum atomic E-state index is -0.0778. The molecule has 2 heterocycles. The van der Waals surface area contributed by atoms with Crippen LogP contribution in [0, 0.1) is 0 Å². The predicted octanol–water partition coefficient (Wildman–Crippen LogP) is 3.01. The van der Waals surface area contributed by atoms with Crippen LogP contribution in [0.15, 0.2) is 60.0 Å². The van der Waals surface area contributed by atoms with Gasteiger partial charge >= 0.3 is 0 Å². The SMILES string of the molecule is COc1ccc(Nc2nc(C(=O)N3CCN(CC(=O)NCCc4ccccc4)CC3)cs2)cc1. The number of nitrogens with zero attached hydrogens (tertiary/aromatic N) is 3. The Morgan fingerprint density at radius 1 is 1.03 bits per heavy atom. The quantitative estimate of drug-likeness (QED) is 0.491. The predicted molar refractivity (Wildman–Crippen MR) is 134 cm³/mol. The van der Waals surface area contributed by atoms with E-state index in [1.165, 1.54) is 16.9 Å². The van der Waals surface area contributed by atoms with Gasteiger partial charge in [0.15, 0.2) is 5.13 Å². The molecule has 2 amide bonds. The number of amides is 2. The van der Waals surface area contributed by atoms with Crippen molar-refractivity contribution >= 4 is 34.0 Å². The molecule has 1 aromatic heterocycles. The molecule has 0 atom stereocenters. The van der Waals surface area contributed by atoms with Crippen molar-refractivity contribution in [3.05, 3.63) is 71.2 Å². The van der Waals surface area contributed by atoms with Crippen molar-refractivity contribution in [2.24, 2.45) is 0 Å². The molecule has 9 heteroatoms. The lowest BCUT2D eigenvalue weighted by molar-refractivity contribution is -0.122. The molecule has 4 rings (SSSR count). The number of benzene rings is 2. The molecule has 2 aromatic carbocycles. The number of aromatic nitrogens is 1. The summed E-state index contributed by atoms with van der Waals surface area (Å²) in [5.74, 6) is 0.722. The third-order valence-electron chi connectivity index (χ3n) is 5.67. The van der Waals surface area contributed by atoms with Gasteiger partial charge in [0.25, 0.3) is 5.91 Å². The van der Waals surface area contributed by atoms with Crippen molar-refractivity contribution in [2.45, 2.75) is 6.42 Å². The van der Waals surface area contributed by atoms with E-state index < -0.39 is 0 Å². The number of piperazine rings is 1. The Bertz CT molecular complexity index is 1080. The summed E-state index contributed by atoms with van der Waals surface area (Å²) in [7, 11) is 1.63. The maximum atomic E-state index is 12.9. The second-order valence-electron chi connectivity index (χ2n) is 8.05. The van der Waals surface area contributed by atoms with Crippen LogP contribution in [0.25, 0.3) is 0 Å². The standard InChI is InChI=1S/C25H29N5O3S/c1-33-21-9-7-20(8-10-21)27-25-28-22(18-34-25)24(32)30-15-13-29(14-16-30)17-23(31)26-12-11-19-5-3-2-4-6-19/h2-10,18H,11-17H2,1H3,(H,26,31)(H,27,28). The highest BCUT2D eigenvalue weighted by atomic mass is 32.1. The second-order valence-corrected chi connectivity index (χ2v) is 8.90. The minimum Gasteiger partial charge on any atom is -0.497 e. The summed E-state index contributed by atoms with van der Waals surface area (Å²) in [5, 5.41) is 8.65. The van der Waals surface area contributed by atoms with Crippen LogP contribution in [0.3, 0.4) is 0 Å². The number of nitrogens with one attached hydrogen (secondary N) is 2. The summed E-state index contributed by atoms with van der Waals surface area (Å²) < 4.78 is 5.17. The summed E-state index contributed by atoms with van der Waals surface area (Å²) in [4.78, 5) is 33.5. The van der Waals surface area contributed by atoms with E-state index in [2.05, 4.69) is 32.7 Å². The number of carbonyl (C=O) groups excluding carboxylic acids is 2. The van der Waals surface area contributed by atoms with Crippen molar-refractivity contribution < 1.29 is 14.3 Å². The van der Waals surface area contributed by atoms with Gasteiger partial charge in [0.1, 0.15) is 11.4 Å². The van der Waals surface area contributed by atoms with Gasteiger partial charge in [-0.15, -0.1) is 11.3 Å². The van der Waals surface area contributed by atoms with Gasteiger partial charge in [-0.1, -0.05) is 30.3 Å². The fourth-order valence-corrected chi connectivity index (χ4v) is 4.45. The first kappa shape index (κ1) is 23.7. The van der Waals surface area contributed by atoms with Crippen molar-refractivity contribution in [1.82, 2.24) is 20.1 Å². The van der Waals surface area contributed by atoms with E-state index in [0.717, 1.165) is 17.9 Å². The molecule has 0 radical (unpaired) electrons. The molecular formula is C25H29N5O3S. The molecule has 3 aromatic rings. The van der Waals surface area contributed by atoms with Gasteiger partial charge in [-0.25, -0.2) is 4.98 Å². The Morgan fingerprint density at radius 3 is 2.47 bits per heavy atom. The monoisotopic (exact) mass is 479 g/mol. The van der Waals surface area contributed by atoms with Crippen LogP contribution < -0.4 is 15.4 Å². The van der Waals surface area contributed by atoms with E-state index in [1.807, 2.05) is 42.5 Å². The third kappa shape index (κ3) is 6.55. The smallest absolute Gasteiger partial charge is 0.273 e. The fourth-order valence-electron chi connectivity index (χ4n) is 3.75. The highest BCUT2D eigenvalue weighted by Crippen LogP contribution is 2.23. The molecule has 0 unspecified atom stereocenters. The molecule has 1 aliphatic heterocycles. The summed E-state index contributed by atoms with van der Waals surface area (Å²) in [6.45, 7) is 3.46. The summed E-state index contributed by atoms with van der Waals surface area (Å²) in [6, 6.07) is 17.6. The molecule has 1 aliphatic rings. The van der Waals surface area contributed by atoms with Gasteiger partial charge in [-0.05, 0) is 36.2 Å². The van der Waals surface area contributed by atoms with Crippen LogP contribution in [-0.2, 0) is 11.2 Å². The van der Waals surface area contributed by atoms with Crippen LogP contribution >= 0.6 is 11.3 Å². The maximum absolute atomic E-state index is 12.9. The van der Waals surface area contributed by atoms with E-state index in [0.29, 0.717) is 50.1 Å². The summed E-state index contributed by atoms with van der Waals surface area (Å²) >= 11 is 1.40. The van der Waals surface area contributed by atoms with E-state index in [4.69, 9.17) is 4.74 Å². The zero-order chi connectivity index (χ0) is 23.8. The first-order valence-electron chi connectivity index (χ1n) is 11.3. The van der Waals surface area contributed by atoms with E-state index in [-0.39, 0.29) is 11.8 Å². The molecule has 0 spiro atoms. The lowest BCUT2D eigenvalue weighted by Gasteiger charge is -2.33. The van der Waals surface area contributed by atoms with Crippen LogP contribution in [0.4, 0.5) is 10.8 Å². The molecule has 1 saturated heterocycles. The van der Waals surface area contributed by atoms with Crippen LogP contribution in [0.5, 0.6) is 5.75 Å². The Morgan fingerprint density at radius 2 is 1.76 bits per heavy atom. The molecule has 1 fully saturated rings. The van der Waals surface area contributed by atoms with Gasteiger partial charge in [-0.3, -0.25) is 14.5 Å². The zero-order valence-corrected chi connectivity index (χ0v) is 20.0. The highest BCUT2D eigenvalue weighted by Gasteiger charge is 2.24. The minimum absolute atomic E-state index is 0.0180. The van der Waals surface area contributed by atoms with E-state index in [1.54, 1.807) is 17.4 Å². The zero-order valence-electron chi connectivity index (χ0n) is 19.2. The molecular weight excluding hydrogens is 450 g/mol. The molecule has 178 valence electrons. The highest BCUT2D eigenvalue weighted by molar-refractivity contribution is 7.14. The summed E-state index contributed by atoms with van der Waals surface area (Å²) in [5.41, 5.74) is 2.53. The number of thiazole rings is 1. The largest absolute Gasteiger partial charge is 0.497 e. The Hall–Kier alpha value is -3.43. The second kappa shape index (κ2) is 11.6. The van der Waals surface area contributed by atoms with E-state index in [9.17, 15) is 9.59 Å². The van der Waals surface area contributed by atoms with Crippen molar-refractivity contribution in [1.29, 1.82) is 0 Å². The van der Waals surface area contributed by atoms with Crippen LogP contribution in [0.1, 0.15) is 16.1 Å². The normalized spacial score (nSPS) is 14.0.